The Hall–Kier alpha value is -1.22. The number of thioether (sulfide) groups is 1. The molecule has 0 atom stereocenters. The second-order valence-corrected chi connectivity index (χ2v) is 4.02. The molecule has 0 radical (unpaired) electrons. The third-order valence-electron chi connectivity index (χ3n) is 1.54. The van der Waals surface area contributed by atoms with Crippen molar-refractivity contribution in [3.05, 3.63) is 0 Å². The molecular weight excluding hydrogens is 212 g/mol. The lowest BCUT2D eigenvalue weighted by Gasteiger charge is -2.05. The first-order chi connectivity index (χ1) is 7.20. The van der Waals surface area contributed by atoms with E-state index in [1.54, 1.807) is 31.9 Å². The van der Waals surface area contributed by atoms with E-state index in [0.29, 0.717) is 12.4 Å². The van der Waals surface area contributed by atoms with E-state index in [0.717, 1.165) is 18.1 Å². The summed E-state index contributed by atoms with van der Waals surface area (Å²) in [6.45, 7) is 2.32. The van der Waals surface area contributed by atoms with E-state index in [-0.39, 0.29) is 5.78 Å². The Morgan fingerprint density at radius 1 is 1.53 bits per heavy atom. The molecular formula is C9H16N4OS. The van der Waals surface area contributed by atoms with E-state index in [2.05, 4.69) is 15.6 Å². The second kappa shape index (κ2) is 9.34. The highest BCUT2D eigenvalue weighted by atomic mass is 32.2. The monoisotopic (exact) mass is 228 g/mol. The Morgan fingerprint density at radius 2 is 2.27 bits per heavy atom. The summed E-state index contributed by atoms with van der Waals surface area (Å²) in [4.78, 5) is 14.5. The third kappa shape index (κ3) is 9.09. The van der Waals surface area contributed by atoms with Crippen molar-refractivity contribution < 1.29 is 4.79 Å². The summed E-state index contributed by atoms with van der Waals surface area (Å²) in [5, 5.41) is 13.7. The molecule has 0 unspecified atom stereocenters. The van der Waals surface area contributed by atoms with Crippen molar-refractivity contribution in [3.8, 4) is 6.19 Å². The van der Waals surface area contributed by atoms with Crippen LogP contribution in [0.2, 0.25) is 0 Å². The van der Waals surface area contributed by atoms with E-state index in [9.17, 15) is 4.79 Å². The molecule has 5 nitrogen and oxygen atoms in total. The summed E-state index contributed by atoms with van der Waals surface area (Å²) >= 11 is 1.70. The number of guanidine groups is 1. The lowest BCUT2D eigenvalue weighted by molar-refractivity contribution is -0.116. The zero-order valence-corrected chi connectivity index (χ0v) is 9.86. The van der Waals surface area contributed by atoms with Crippen molar-refractivity contribution in [2.45, 2.75) is 13.3 Å². The van der Waals surface area contributed by atoms with E-state index in [4.69, 9.17) is 5.26 Å². The average molecular weight is 228 g/mol. The van der Waals surface area contributed by atoms with Gasteiger partial charge in [-0.25, -0.2) is 0 Å². The van der Waals surface area contributed by atoms with Crippen LogP contribution in [0.25, 0.3) is 0 Å². The van der Waals surface area contributed by atoms with Gasteiger partial charge in [0.05, 0.1) is 0 Å². The fourth-order valence-electron chi connectivity index (χ4n) is 0.792. The molecule has 0 heterocycles. The highest BCUT2D eigenvalue weighted by molar-refractivity contribution is 7.99. The predicted molar refractivity (Wildman–Crippen MR) is 62.7 cm³/mol. The highest BCUT2D eigenvalue weighted by Crippen LogP contribution is 2.00. The van der Waals surface area contributed by atoms with Crippen LogP contribution in [0, 0.1) is 11.5 Å². The number of carbonyl (C=O) groups excluding carboxylic acids is 1. The Bertz CT molecular complexity index is 259. The Balaban J connectivity index is 3.38. The SMILES string of the molecule is CN=C(NC#N)NCCSCCC(C)=O. The number of carbonyl (C=O) groups is 1. The highest BCUT2D eigenvalue weighted by Gasteiger charge is 1.96. The fourth-order valence-corrected chi connectivity index (χ4v) is 1.67. The van der Waals surface area contributed by atoms with Crippen LogP contribution >= 0.6 is 11.8 Å². The van der Waals surface area contributed by atoms with Crippen LogP contribution in [0.15, 0.2) is 4.99 Å². The lowest BCUT2D eigenvalue weighted by Crippen LogP contribution is -2.35. The Labute approximate surface area is 94.3 Å². The van der Waals surface area contributed by atoms with Crippen LogP contribution in [-0.4, -0.2) is 36.8 Å². The molecule has 0 bridgehead atoms. The topological polar surface area (TPSA) is 77.3 Å². The van der Waals surface area contributed by atoms with Gasteiger partial charge in [0.1, 0.15) is 5.78 Å². The fraction of sp³-hybridized carbons (Fsp3) is 0.667. The van der Waals surface area contributed by atoms with Crippen molar-refractivity contribution in [1.29, 1.82) is 5.26 Å². The maximum absolute atomic E-state index is 10.6. The molecule has 0 amide bonds. The van der Waals surface area contributed by atoms with Gasteiger partial charge in [0.25, 0.3) is 0 Å². The first-order valence-electron chi connectivity index (χ1n) is 4.63. The van der Waals surface area contributed by atoms with Gasteiger partial charge in [-0.3, -0.25) is 15.1 Å². The maximum Gasteiger partial charge on any atom is 0.204 e. The molecule has 2 N–H and O–H groups in total. The van der Waals surface area contributed by atoms with Gasteiger partial charge in [-0.05, 0) is 6.92 Å². The number of hydrogen-bond donors (Lipinski definition) is 2. The number of Topliss-reactive ketones (excluding diaryl/α,β-unsaturated/α-hetero) is 1. The van der Waals surface area contributed by atoms with Crippen LogP contribution in [0.4, 0.5) is 0 Å². The minimum Gasteiger partial charge on any atom is -0.355 e. The molecule has 0 aromatic rings. The van der Waals surface area contributed by atoms with Crippen LogP contribution in [0.1, 0.15) is 13.3 Å². The van der Waals surface area contributed by atoms with E-state index in [1.165, 1.54) is 0 Å². The molecule has 0 saturated carbocycles. The van der Waals surface area contributed by atoms with E-state index >= 15 is 0 Å². The number of rotatable bonds is 6. The summed E-state index contributed by atoms with van der Waals surface area (Å²) in [7, 11) is 1.61. The predicted octanol–water partition coefficient (Wildman–Crippen LogP) is 0.345. The summed E-state index contributed by atoms with van der Waals surface area (Å²) < 4.78 is 0. The van der Waals surface area contributed by atoms with Gasteiger partial charge in [-0.1, -0.05) is 0 Å². The summed E-state index contributed by atoms with van der Waals surface area (Å²) in [6.07, 6.45) is 2.41. The largest absolute Gasteiger partial charge is 0.355 e. The molecule has 6 heteroatoms. The summed E-state index contributed by atoms with van der Waals surface area (Å²) in [5.41, 5.74) is 0. The van der Waals surface area contributed by atoms with Gasteiger partial charge in [0, 0.05) is 31.5 Å². The van der Waals surface area contributed by atoms with Crippen molar-refractivity contribution >= 4 is 23.5 Å². The smallest absolute Gasteiger partial charge is 0.204 e. The van der Waals surface area contributed by atoms with Crippen LogP contribution in [0.3, 0.4) is 0 Å². The molecule has 0 fully saturated rings. The maximum atomic E-state index is 10.6. The number of aliphatic imine (C=N–C) groups is 1. The van der Waals surface area contributed by atoms with E-state index < -0.39 is 0 Å². The standard InChI is InChI=1S/C9H16N4OS/c1-8(14)3-5-15-6-4-12-9(11-2)13-7-10/h3-6H2,1-2H3,(H2,11,12,13). The van der Waals surface area contributed by atoms with Gasteiger partial charge < -0.3 is 5.32 Å². The third-order valence-corrected chi connectivity index (χ3v) is 2.52. The number of nitrogens with zero attached hydrogens (tertiary/aromatic N) is 2. The molecule has 0 saturated heterocycles. The van der Waals surface area contributed by atoms with Gasteiger partial charge in [-0.2, -0.15) is 17.0 Å². The molecule has 84 valence electrons. The zero-order valence-electron chi connectivity index (χ0n) is 9.04. The molecule has 15 heavy (non-hydrogen) atoms. The molecule has 0 aliphatic rings. The van der Waals surface area contributed by atoms with Crippen LogP contribution < -0.4 is 10.6 Å². The van der Waals surface area contributed by atoms with Gasteiger partial charge in [0.2, 0.25) is 5.96 Å². The van der Waals surface area contributed by atoms with Crippen molar-refractivity contribution in [2.75, 3.05) is 25.1 Å². The lowest BCUT2D eigenvalue weighted by atomic mass is 10.4. The molecule has 0 rings (SSSR count). The zero-order chi connectivity index (χ0) is 11.5. The van der Waals surface area contributed by atoms with Gasteiger partial charge >= 0.3 is 0 Å². The van der Waals surface area contributed by atoms with Crippen molar-refractivity contribution in [1.82, 2.24) is 10.6 Å². The first kappa shape index (κ1) is 13.8. The minimum atomic E-state index is 0.220. The quantitative estimate of drug-likeness (QED) is 0.225. The first-order valence-corrected chi connectivity index (χ1v) is 5.79. The Morgan fingerprint density at radius 3 is 2.80 bits per heavy atom. The Kier molecular flexibility index (Phi) is 8.58. The number of nitrogens with one attached hydrogen (secondary N) is 2. The number of nitriles is 1. The van der Waals surface area contributed by atoms with Crippen LogP contribution in [-0.2, 0) is 4.79 Å². The normalized spacial score (nSPS) is 10.6. The molecule has 0 aliphatic heterocycles. The molecule has 0 aromatic carbocycles. The minimum absolute atomic E-state index is 0.220. The van der Waals surface area contributed by atoms with Gasteiger partial charge in [-0.15, -0.1) is 0 Å². The molecule has 0 aromatic heterocycles. The molecule has 0 spiro atoms. The second-order valence-electron chi connectivity index (χ2n) is 2.80. The molecule has 0 aliphatic carbocycles. The van der Waals surface area contributed by atoms with Crippen LogP contribution in [0.5, 0.6) is 0 Å². The number of hydrogen-bond acceptors (Lipinski definition) is 4. The summed E-state index contributed by atoms with van der Waals surface area (Å²) in [6, 6.07) is 0. The summed E-state index contributed by atoms with van der Waals surface area (Å²) in [5.74, 6) is 2.43. The van der Waals surface area contributed by atoms with E-state index in [1.807, 2.05) is 0 Å². The van der Waals surface area contributed by atoms with Crippen molar-refractivity contribution in [2.24, 2.45) is 4.99 Å². The average Bonchev–Trinajstić information content (AvgIpc) is 2.21. The van der Waals surface area contributed by atoms with Crippen molar-refractivity contribution in [3.63, 3.8) is 0 Å². The van der Waals surface area contributed by atoms with Gasteiger partial charge in [0.15, 0.2) is 6.19 Å². The number of ketones is 1.